The lowest BCUT2D eigenvalue weighted by Gasteiger charge is -2.12. The molecule has 0 saturated heterocycles. The Morgan fingerprint density at radius 1 is 1.36 bits per heavy atom. The van der Waals surface area contributed by atoms with Crippen molar-refractivity contribution in [2.75, 3.05) is 6.61 Å². The van der Waals surface area contributed by atoms with Crippen LogP contribution < -0.4 is 4.74 Å². The summed E-state index contributed by atoms with van der Waals surface area (Å²) >= 11 is 3.47. The van der Waals surface area contributed by atoms with Gasteiger partial charge < -0.3 is 4.74 Å². The molecule has 1 nitrogen and oxygen atoms in total. The highest BCUT2D eigenvalue weighted by Crippen LogP contribution is 2.22. The van der Waals surface area contributed by atoms with Gasteiger partial charge in [0.15, 0.2) is 0 Å². The monoisotopic (exact) mass is 256 g/mol. The van der Waals surface area contributed by atoms with Gasteiger partial charge in [-0.2, -0.15) is 0 Å². The number of hydrogen-bond acceptors (Lipinski definition) is 1. The summed E-state index contributed by atoms with van der Waals surface area (Å²) < 4.78 is 5.71. The maximum atomic E-state index is 5.71. The normalized spacial score (nSPS) is 10.6. The van der Waals surface area contributed by atoms with Crippen molar-refractivity contribution in [1.82, 2.24) is 0 Å². The van der Waals surface area contributed by atoms with Gasteiger partial charge in [0.1, 0.15) is 5.75 Å². The van der Waals surface area contributed by atoms with Gasteiger partial charge in [0.2, 0.25) is 0 Å². The molecule has 0 saturated carbocycles. The summed E-state index contributed by atoms with van der Waals surface area (Å²) in [6, 6.07) is 6.29. The van der Waals surface area contributed by atoms with Crippen LogP contribution >= 0.6 is 15.9 Å². The van der Waals surface area contributed by atoms with Gasteiger partial charge in [0, 0.05) is 10.9 Å². The van der Waals surface area contributed by atoms with Crippen LogP contribution in [0.4, 0.5) is 0 Å². The lowest BCUT2D eigenvalue weighted by Crippen LogP contribution is -2.05. The summed E-state index contributed by atoms with van der Waals surface area (Å²) in [7, 11) is 0. The van der Waals surface area contributed by atoms with Crippen LogP contribution in [0.15, 0.2) is 18.2 Å². The van der Waals surface area contributed by atoms with E-state index in [0.717, 1.165) is 17.7 Å². The average molecular weight is 257 g/mol. The molecule has 1 aromatic carbocycles. The first-order valence-corrected chi connectivity index (χ1v) is 6.04. The average Bonchev–Trinajstić information content (AvgIpc) is 2.15. The topological polar surface area (TPSA) is 9.23 Å². The Bertz CT molecular complexity index is 294. The third-order valence-corrected chi connectivity index (χ3v) is 2.54. The van der Waals surface area contributed by atoms with Crippen LogP contribution in [-0.4, -0.2) is 6.61 Å². The Hall–Kier alpha value is -0.500. The van der Waals surface area contributed by atoms with Gasteiger partial charge in [0.05, 0.1) is 6.61 Å². The third kappa shape index (κ3) is 3.33. The Labute approximate surface area is 94.6 Å². The largest absolute Gasteiger partial charge is 0.493 e. The highest BCUT2D eigenvalue weighted by Gasteiger charge is 2.03. The van der Waals surface area contributed by atoms with Crippen LogP contribution in [0.1, 0.15) is 25.0 Å². The van der Waals surface area contributed by atoms with E-state index in [0.29, 0.717) is 5.92 Å². The fourth-order valence-corrected chi connectivity index (χ4v) is 1.65. The van der Waals surface area contributed by atoms with E-state index in [-0.39, 0.29) is 0 Å². The lowest BCUT2D eigenvalue weighted by molar-refractivity contribution is 0.269. The first-order chi connectivity index (χ1) is 6.63. The van der Waals surface area contributed by atoms with Crippen molar-refractivity contribution in [1.29, 1.82) is 0 Å². The molecule has 0 aliphatic carbocycles. The summed E-state index contributed by atoms with van der Waals surface area (Å²) in [6.07, 6.45) is 0. The van der Waals surface area contributed by atoms with E-state index in [1.165, 1.54) is 11.1 Å². The number of rotatable bonds is 4. The fraction of sp³-hybridized carbons (Fsp3) is 0.500. The molecular weight excluding hydrogens is 240 g/mol. The van der Waals surface area contributed by atoms with Crippen LogP contribution in [0, 0.1) is 12.8 Å². The Kier molecular flexibility index (Phi) is 4.46. The summed E-state index contributed by atoms with van der Waals surface area (Å²) in [6.45, 7) is 7.19. The second kappa shape index (κ2) is 5.40. The number of alkyl halides is 1. The number of halogens is 1. The zero-order valence-corrected chi connectivity index (χ0v) is 10.6. The van der Waals surface area contributed by atoms with Gasteiger partial charge >= 0.3 is 0 Å². The predicted molar refractivity (Wildman–Crippen MR) is 64.1 cm³/mol. The number of ether oxygens (including phenoxy) is 1. The van der Waals surface area contributed by atoms with Crippen molar-refractivity contribution in [3.8, 4) is 5.75 Å². The van der Waals surface area contributed by atoms with Gasteiger partial charge in [-0.05, 0) is 18.9 Å². The van der Waals surface area contributed by atoms with Crippen LogP contribution in [0.25, 0.3) is 0 Å². The Morgan fingerprint density at radius 2 is 2.07 bits per heavy atom. The van der Waals surface area contributed by atoms with E-state index in [1.807, 2.05) is 6.07 Å². The summed E-state index contributed by atoms with van der Waals surface area (Å²) in [5.41, 5.74) is 2.50. The van der Waals surface area contributed by atoms with E-state index in [1.54, 1.807) is 0 Å². The SMILES string of the molecule is Cc1ccc(OCC(C)C)c(CBr)c1. The Morgan fingerprint density at radius 3 is 2.64 bits per heavy atom. The molecule has 0 radical (unpaired) electrons. The molecule has 0 heterocycles. The Balaban J connectivity index is 2.75. The van der Waals surface area contributed by atoms with Crippen LogP contribution in [0.5, 0.6) is 5.75 Å². The first kappa shape index (κ1) is 11.6. The molecule has 2 heteroatoms. The number of benzene rings is 1. The van der Waals surface area contributed by atoms with E-state index in [9.17, 15) is 0 Å². The second-order valence-corrected chi connectivity index (χ2v) is 4.51. The van der Waals surface area contributed by atoms with E-state index in [2.05, 4.69) is 48.8 Å². The molecule has 0 unspecified atom stereocenters. The first-order valence-electron chi connectivity index (χ1n) is 4.91. The van der Waals surface area contributed by atoms with Crippen molar-refractivity contribution < 1.29 is 4.74 Å². The minimum absolute atomic E-state index is 0.569. The molecule has 0 aliphatic heterocycles. The van der Waals surface area contributed by atoms with Crippen molar-refractivity contribution >= 4 is 15.9 Å². The molecule has 14 heavy (non-hydrogen) atoms. The quantitative estimate of drug-likeness (QED) is 0.743. The van der Waals surface area contributed by atoms with Gasteiger partial charge in [0.25, 0.3) is 0 Å². The van der Waals surface area contributed by atoms with E-state index >= 15 is 0 Å². The molecule has 0 aromatic heterocycles. The molecule has 0 aliphatic rings. The van der Waals surface area contributed by atoms with Crippen molar-refractivity contribution in [3.63, 3.8) is 0 Å². The van der Waals surface area contributed by atoms with Crippen molar-refractivity contribution in [2.24, 2.45) is 5.92 Å². The van der Waals surface area contributed by atoms with Crippen LogP contribution in [0.2, 0.25) is 0 Å². The molecule has 0 N–H and O–H groups in total. The molecule has 0 fully saturated rings. The molecule has 1 rings (SSSR count). The van der Waals surface area contributed by atoms with Gasteiger partial charge in [-0.3, -0.25) is 0 Å². The van der Waals surface area contributed by atoms with Crippen molar-refractivity contribution in [3.05, 3.63) is 29.3 Å². The summed E-state index contributed by atoms with van der Waals surface area (Å²) in [4.78, 5) is 0. The maximum absolute atomic E-state index is 5.71. The zero-order chi connectivity index (χ0) is 10.6. The molecule has 0 bridgehead atoms. The minimum atomic E-state index is 0.569. The highest BCUT2D eigenvalue weighted by molar-refractivity contribution is 9.08. The lowest BCUT2D eigenvalue weighted by atomic mass is 10.1. The third-order valence-electron chi connectivity index (χ3n) is 1.93. The predicted octanol–water partition coefficient (Wildman–Crippen LogP) is 3.92. The van der Waals surface area contributed by atoms with Gasteiger partial charge in [-0.1, -0.05) is 47.5 Å². The number of aryl methyl sites for hydroxylation is 1. The van der Waals surface area contributed by atoms with E-state index in [4.69, 9.17) is 4.74 Å². The van der Waals surface area contributed by atoms with Crippen LogP contribution in [-0.2, 0) is 5.33 Å². The molecule has 1 aromatic rings. The standard InChI is InChI=1S/C12H17BrO/c1-9(2)8-14-12-5-4-10(3)6-11(12)7-13/h4-6,9H,7-8H2,1-3H3. The molecule has 0 atom stereocenters. The van der Waals surface area contributed by atoms with Gasteiger partial charge in [-0.15, -0.1) is 0 Å². The van der Waals surface area contributed by atoms with Gasteiger partial charge in [-0.25, -0.2) is 0 Å². The fourth-order valence-electron chi connectivity index (χ4n) is 1.21. The smallest absolute Gasteiger partial charge is 0.123 e. The number of hydrogen-bond donors (Lipinski definition) is 0. The van der Waals surface area contributed by atoms with Crippen molar-refractivity contribution in [2.45, 2.75) is 26.1 Å². The molecule has 78 valence electrons. The van der Waals surface area contributed by atoms with Crippen LogP contribution in [0.3, 0.4) is 0 Å². The second-order valence-electron chi connectivity index (χ2n) is 3.95. The van der Waals surface area contributed by atoms with E-state index < -0.39 is 0 Å². The maximum Gasteiger partial charge on any atom is 0.123 e. The molecule has 0 spiro atoms. The highest BCUT2D eigenvalue weighted by atomic mass is 79.9. The summed E-state index contributed by atoms with van der Waals surface area (Å²) in [5.74, 6) is 1.57. The zero-order valence-electron chi connectivity index (χ0n) is 9.01. The summed E-state index contributed by atoms with van der Waals surface area (Å²) in [5, 5.41) is 0.849. The minimum Gasteiger partial charge on any atom is -0.493 e. The molecular formula is C12H17BrO. The molecule has 0 amide bonds.